The number of nitrogens with two attached hydrogens (primary N) is 1. The third-order valence-electron chi connectivity index (χ3n) is 4.80. The lowest BCUT2D eigenvalue weighted by Gasteiger charge is -2.14. The standard InChI is InChI=1S/C20H22N6O3/c1-10(2)9-26-17-16(19(28)25-20(26)29)13(7-14(24-17)11-3-4-11)18(27)23-12-5-6-15(21)22-8-12/h5-8,10-11H,3-4,9H2,1-2H3,(H2,21,22)(H,23,27)(H,25,28,29). The fraction of sp³-hybridized carbons (Fsp3) is 0.350. The summed E-state index contributed by atoms with van der Waals surface area (Å²) in [6.45, 7) is 4.32. The summed E-state index contributed by atoms with van der Waals surface area (Å²) in [6.07, 6.45) is 3.38. The summed E-state index contributed by atoms with van der Waals surface area (Å²) in [7, 11) is 0. The molecule has 3 heterocycles. The average molecular weight is 394 g/mol. The second kappa shape index (κ2) is 7.16. The molecule has 0 bridgehead atoms. The molecule has 0 spiro atoms. The molecular formula is C20H22N6O3. The zero-order chi connectivity index (χ0) is 20.7. The number of pyridine rings is 2. The number of carbonyl (C=O) groups is 1. The van der Waals surface area contributed by atoms with Gasteiger partial charge in [-0.25, -0.2) is 14.8 Å². The first-order chi connectivity index (χ1) is 13.8. The van der Waals surface area contributed by atoms with Crippen LogP contribution >= 0.6 is 0 Å². The summed E-state index contributed by atoms with van der Waals surface area (Å²) in [5.74, 6) is 0.269. The van der Waals surface area contributed by atoms with E-state index in [1.807, 2.05) is 13.8 Å². The minimum Gasteiger partial charge on any atom is -0.384 e. The number of aromatic nitrogens is 4. The fourth-order valence-corrected chi connectivity index (χ4v) is 3.27. The summed E-state index contributed by atoms with van der Waals surface area (Å²) < 4.78 is 1.44. The van der Waals surface area contributed by atoms with Gasteiger partial charge >= 0.3 is 5.69 Å². The van der Waals surface area contributed by atoms with Gasteiger partial charge in [0.05, 0.1) is 22.8 Å². The highest BCUT2D eigenvalue weighted by molar-refractivity contribution is 6.11. The van der Waals surface area contributed by atoms with Crippen molar-refractivity contribution in [1.29, 1.82) is 0 Å². The number of nitrogens with zero attached hydrogens (tertiary/aromatic N) is 3. The number of hydrogen-bond donors (Lipinski definition) is 3. The van der Waals surface area contributed by atoms with E-state index in [0.29, 0.717) is 18.1 Å². The van der Waals surface area contributed by atoms with Crippen LogP contribution in [0, 0.1) is 5.92 Å². The Balaban J connectivity index is 1.90. The van der Waals surface area contributed by atoms with Crippen LogP contribution in [0.5, 0.6) is 0 Å². The third kappa shape index (κ3) is 3.75. The van der Waals surface area contributed by atoms with E-state index in [2.05, 4.69) is 20.3 Å². The van der Waals surface area contributed by atoms with Crippen molar-refractivity contribution in [2.45, 2.75) is 39.2 Å². The van der Waals surface area contributed by atoms with Crippen LogP contribution in [0.2, 0.25) is 0 Å². The molecule has 0 saturated heterocycles. The summed E-state index contributed by atoms with van der Waals surface area (Å²) in [5, 5.41) is 2.85. The lowest BCUT2D eigenvalue weighted by atomic mass is 10.1. The van der Waals surface area contributed by atoms with Crippen LogP contribution in [-0.4, -0.2) is 25.4 Å². The first kappa shape index (κ1) is 18.9. The van der Waals surface area contributed by atoms with Gasteiger partial charge in [0.15, 0.2) is 5.65 Å². The van der Waals surface area contributed by atoms with Crippen molar-refractivity contribution in [3.8, 4) is 0 Å². The van der Waals surface area contributed by atoms with E-state index in [9.17, 15) is 14.4 Å². The van der Waals surface area contributed by atoms with Crippen LogP contribution in [0.25, 0.3) is 11.0 Å². The number of carbonyl (C=O) groups excluding carboxylic acids is 1. The van der Waals surface area contributed by atoms with Crippen molar-refractivity contribution in [2.75, 3.05) is 11.1 Å². The van der Waals surface area contributed by atoms with Gasteiger partial charge < -0.3 is 11.1 Å². The van der Waals surface area contributed by atoms with Gasteiger partial charge in [0.25, 0.3) is 11.5 Å². The van der Waals surface area contributed by atoms with Crippen LogP contribution in [0.4, 0.5) is 11.5 Å². The molecular weight excluding hydrogens is 372 g/mol. The minimum absolute atomic E-state index is 0.107. The Kier molecular flexibility index (Phi) is 4.65. The number of hydrogen-bond acceptors (Lipinski definition) is 6. The minimum atomic E-state index is -0.625. The maximum atomic E-state index is 13.0. The van der Waals surface area contributed by atoms with Gasteiger partial charge in [-0.15, -0.1) is 0 Å². The number of nitrogen functional groups attached to an aromatic ring is 1. The maximum Gasteiger partial charge on any atom is 0.330 e. The Bertz CT molecular complexity index is 1210. The fourth-order valence-electron chi connectivity index (χ4n) is 3.27. The van der Waals surface area contributed by atoms with Crippen molar-refractivity contribution in [3.63, 3.8) is 0 Å². The van der Waals surface area contributed by atoms with Gasteiger partial charge in [0, 0.05) is 18.2 Å². The Morgan fingerprint density at radius 2 is 2.10 bits per heavy atom. The van der Waals surface area contributed by atoms with Crippen molar-refractivity contribution < 1.29 is 4.79 Å². The molecule has 1 aliphatic rings. The predicted octanol–water partition coefficient (Wildman–Crippen LogP) is 1.85. The number of nitrogens with one attached hydrogen (secondary N) is 2. The molecule has 4 N–H and O–H groups in total. The van der Waals surface area contributed by atoms with E-state index in [4.69, 9.17) is 5.73 Å². The molecule has 0 radical (unpaired) electrons. The van der Waals surface area contributed by atoms with Gasteiger partial charge in [0.2, 0.25) is 0 Å². The molecule has 9 nitrogen and oxygen atoms in total. The number of fused-ring (bicyclic) bond motifs is 1. The van der Waals surface area contributed by atoms with Crippen LogP contribution in [0.1, 0.15) is 48.7 Å². The normalized spacial score (nSPS) is 13.8. The Morgan fingerprint density at radius 1 is 1.34 bits per heavy atom. The lowest BCUT2D eigenvalue weighted by Crippen LogP contribution is -2.33. The maximum absolute atomic E-state index is 13.0. The number of aromatic amines is 1. The van der Waals surface area contributed by atoms with Crippen molar-refractivity contribution in [3.05, 3.63) is 56.5 Å². The summed E-state index contributed by atoms with van der Waals surface area (Å²) in [5.41, 5.74) is 6.05. The molecule has 0 aromatic carbocycles. The molecule has 0 unspecified atom stereocenters. The van der Waals surface area contributed by atoms with Crippen LogP contribution in [0.15, 0.2) is 34.0 Å². The van der Waals surface area contributed by atoms with Crippen molar-refractivity contribution in [2.24, 2.45) is 5.92 Å². The molecule has 1 saturated carbocycles. The first-order valence-electron chi connectivity index (χ1n) is 9.54. The molecule has 4 rings (SSSR count). The quantitative estimate of drug-likeness (QED) is 0.604. The average Bonchev–Trinajstić information content (AvgIpc) is 3.51. The van der Waals surface area contributed by atoms with Crippen LogP contribution in [0.3, 0.4) is 0 Å². The van der Waals surface area contributed by atoms with E-state index < -0.39 is 17.2 Å². The van der Waals surface area contributed by atoms with E-state index in [1.54, 1.807) is 18.2 Å². The molecule has 29 heavy (non-hydrogen) atoms. The molecule has 1 amide bonds. The largest absolute Gasteiger partial charge is 0.384 e. The van der Waals surface area contributed by atoms with E-state index >= 15 is 0 Å². The van der Waals surface area contributed by atoms with Gasteiger partial charge in [-0.05, 0) is 37.0 Å². The molecule has 9 heteroatoms. The summed E-state index contributed by atoms with van der Waals surface area (Å²) >= 11 is 0. The second-order valence-corrected chi connectivity index (χ2v) is 7.76. The second-order valence-electron chi connectivity index (χ2n) is 7.76. The van der Waals surface area contributed by atoms with Crippen LogP contribution in [-0.2, 0) is 6.54 Å². The van der Waals surface area contributed by atoms with E-state index in [1.165, 1.54) is 10.8 Å². The molecule has 0 aliphatic heterocycles. The molecule has 3 aromatic rings. The Morgan fingerprint density at radius 3 is 2.72 bits per heavy atom. The molecule has 1 aliphatic carbocycles. The zero-order valence-electron chi connectivity index (χ0n) is 16.2. The zero-order valence-corrected chi connectivity index (χ0v) is 16.2. The third-order valence-corrected chi connectivity index (χ3v) is 4.80. The molecule has 150 valence electrons. The predicted molar refractivity (Wildman–Crippen MR) is 110 cm³/mol. The smallest absolute Gasteiger partial charge is 0.330 e. The molecule has 3 aromatic heterocycles. The van der Waals surface area contributed by atoms with Crippen molar-refractivity contribution >= 4 is 28.4 Å². The SMILES string of the molecule is CC(C)Cn1c(=O)[nH]c(=O)c2c(C(=O)Nc3ccc(N)nc3)cc(C3CC3)nc21. The van der Waals surface area contributed by atoms with E-state index in [0.717, 1.165) is 18.5 Å². The molecule has 0 atom stereocenters. The Labute approximate surface area is 166 Å². The highest BCUT2D eigenvalue weighted by atomic mass is 16.2. The summed E-state index contributed by atoms with van der Waals surface area (Å²) in [6, 6.07) is 4.85. The van der Waals surface area contributed by atoms with Crippen LogP contribution < -0.4 is 22.3 Å². The summed E-state index contributed by atoms with van der Waals surface area (Å²) in [4.78, 5) is 49.0. The highest BCUT2D eigenvalue weighted by Gasteiger charge is 2.29. The lowest BCUT2D eigenvalue weighted by molar-refractivity contribution is 0.102. The number of anilines is 2. The van der Waals surface area contributed by atoms with Gasteiger partial charge in [-0.2, -0.15) is 0 Å². The first-order valence-corrected chi connectivity index (χ1v) is 9.54. The number of amides is 1. The number of rotatable bonds is 5. The van der Waals surface area contributed by atoms with E-state index in [-0.39, 0.29) is 28.4 Å². The van der Waals surface area contributed by atoms with Gasteiger partial charge in [-0.3, -0.25) is 19.1 Å². The number of H-pyrrole nitrogens is 1. The molecule has 1 fully saturated rings. The van der Waals surface area contributed by atoms with Gasteiger partial charge in [0.1, 0.15) is 5.82 Å². The highest BCUT2D eigenvalue weighted by Crippen LogP contribution is 2.40. The Hall–Kier alpha value is -3.49. The van der Waals surface area contributed by atoms with Crippen molar-refractivity contribution in [1.82, 2.24) is 19.5 Å². The van der Waals surface area contributed by atoms with Gasteiger partial charge in [-0.1, -0.05) is 13.8 Å². The monoisotopic (exact) mass is 394 g/mol. The topological polar surface area (TPSA) is 136 Å².